The van der Waals surface area contributed by atoms with Crippen LogP contribution in [-0.2, 0) is 11.3 Å². The first-order chi connectivity index (χ1) is 11.6. The highest BCUT2D eigenvalue weighted by Gasteiger charge is 2.12. The molecular formula is C18H18FNO3S. The van der Waals surface area contributed by atoms with Gasteiger partial charge in [0.25, 0.3) is 0 Å². The van der Waals surface area contributed by atoms with Crippen molar-refractivity contribution in [3.8, 4) is 11.5 Å². The second-order valence-electron chi connectivity index (χ2n) is 5.45. The fourth-order valence-corrected chi connectivity index (χ4v) is 3.09. The van der Waals surface area contributed by atoms with Crippen LogP contribution in [0.4, 0.5) is 4.39 Å². The fraction of sp³-hybridized carbons (Fsp3) is 0.278. The lowest BCUT2D eigenvalue weighted by atomic mass is 10.1. The van der Waals surface area contributed by atoms with Crippen molar-refractivity contribution in [2.24, 2.45) is 0 Å². The first kappa shape index (κ1) is 16.6. The Morgan fingerprint density at radius 3 is 2.75 bits per heavy atom. The summed E-state index contributed by atoms with van der Waals surface area (Å²) in [6.07, 6.45) is 0. The number of benzene rings is 2. The Morgan fingerprint density at radius 2 is 1.96 bits per heavy atom. The molecule has 0 fully saturated rings. The molecule has 1 heterocycles. The van der Waals surface area contributed by atoms with Gasteiger partial charge in [-0.15, -0.1) is 11.8 Å². The topological polar surface area (TPSA) is 47.6 Å². The van der Waals surface area contributed by atoms with Crippen LogP contribution in [0.2, 0.25) is 0 Å². The van der Waals surface area contributed by atoms with Crippen molar-refractivity contribution in [2.45, 2.75) is 18.4 Å². The van der Waals surface area contributed by atoms with E-state index in [4.69, 9.17) is 9.47 Å². The Morgan fingerprint density at radius 1 is 1.17 bits per heavy atom. The molecule has 1 N–H and O–H groups in total. The van der Waals surface area contributed by atoms with Crippen molar-refractivity contribution in [3.05, 3.63) is 53.3 Å². The van der Waals surface area contributed by atoms with Gasteiger partial charge in [-0.2, -0.15) is 0 Å². The minimum absolute atomic E-state index is 0.0723. The van der Waals surface area contributed by atoms with Gasteiger partial charge >= 0.3 is 0 Å². The number of aryl methyl sites for hydroxylation is 1. The molecule has 2 aromatic carbocycles. The van der Waals surface area contributed by atoms with Gasteiger partial charge in [-0.05, 0) is 42.3 Å². The van der Waals surface area contributed by atoms with Gasteiger partial charge in [-0.3, -0.25) is 4.79 Å². The van der Waals surface area contributed by atoms with Crippen molar-refractivity contribution >= 4 is 17.7 Å². The molecule has 0 saturated carbocycles. The number of thioether (sulfide) groups is 1. The van der Waals surface area contributed by atoms with E-state index in [0.717, 1.165) is 16.2 Å². The lowest BCUT2D eigenvalue weighted by Gasteiger charge is -2.18. The van der Waals surface area contributed by atoms with Gasteiger partial charge in [0.2, 0.25) is 5.91 Å². The van der Waals surface area contributed by atoms with Gasteiger partial charge in [0.1, 0.15) is 19.0 Å². The predicted octanol–water partition coefficient (Wildman–Crippen LogP) is 3.31. The van der Waals surface area contributed by atoms with Crippen LogP contribution in [0.1, 0.15) is 11.1 Å². The third-order valence-electron chi connectivity index (χ3n) is 3.60. The molecule has 1 aliphatic heterocycles. The van der Waals surface area contributed by atoms with E-state index in [9.17, 15) is 9.18 Å². The molecule has 0 spiro atoms. The highest BCUT2D eigenvalue weighted by molar-refractivity contribution is 8.00. The van der Waals surface area contributed by atoms with E-state index >= 15 is 0 Å². The number of fused-ring (bicyclic) bond motifs is 1. The third kappa shape index (κ3) is 4.20. The molecule has 0 atom stereocenters. The lowest BCUT2D eigenvalue weighted by molar-refractivity contribution is -0.118. The molecule has 0 aromatic heterocycles. The fourth-order valence-electron chi connectivity index (χ4n) is 2.33. The summed E-state index contributed by atoms with van der Waals surface area (Å²) in [6, 6.07) is 10.5. The van der Waals surface area contributed by atoms with Crippen molar-refractivity contribution in [3.63, 3.8) is 0 Å². The minimum Gasteiger partial charge on any atom is -0.486 e. The highest BCUT2D eigenvalue weighted by atomic mass is 32.2. The lowest BCUT2D eigenvalue weighted by Crippen LogP contribution is -2.24. The Bertz CT molecular complexity index is 751. The zero-order valence-electron chi connectivity index (χ0n) is 13.3. The molecule has 4 nitrogen and oxygen atoms in total. The van der Waals surface area contributed by atoms with Crippen molar-refractivity contribution < 1.29 is 18.7 Å². The molecule has 0 saturated heterocycles. The number of ether oxygens (including phenoxy) is 2. The molecule has 0 bridgehead atoms. The molecule has 1 amide bonds. The zero-order valence-corrected chi connectivity index (χ0v) is 14.1. The summed E-state index contributed by atoms with van der Waals surface area (Å²) in [4.78, 5) is 12.9. The molecule has 0 aliphatic carbocycles. The summed E-state index contributed by atoms with van der Waals surface area (Å²) >= 11 is 1.43. The van der Waals surface area contributed by atoms with Gasteiger partial charge in [0, 0.05) is 11.4 Å². The van der Waals surface area contributed by atoms with Crippen LogP contribution in [0.15, 0.2) is 41.3 Å². The van der Waals surface area contributed by atoms with Crippen molar-refractivity contribution in [1.29, 1.82) is 0 Å². The average Bonchev–Trinajstić information content (AvgIpc) is 2.60. The van der Waals surface area contributed by atoms with Gasteiger partial charge in [0.05, 0.1) is 5.75 Å². The number of nitrogens with one attached hydrogen (secondary N) is 1. The third-order valence-corrected chi connectivity index (χ3v) is 4.59. The van der Waals surface area contributed by atoms with Crippen LogP contribution in [0, 0.1) is 12.7 Å². The van der Waals surface area contributed by atoms with Crippen molar-refractivity contribution in [1.82, 2.24) is 5.32 Å². The maximum atomic E-state index is 13.2. The van der Waals surface area contributed by atoms with E-state index in [1.165, 1.54) is 17.8 Å². The summed E-state index contributed by atoms with van der Waals surface area (Å²) in [6.45, 7) is 3.20. The summed E-state index contributed by atoms with van der Waals surface area (Å²) in [7, 11) is 0. The van der Waals surface area contributed by atoms with Crippen molar-refractivity contribution in [2.75, 3.05) is 19.0 Å². The standard InChI is InChI=1S/C18H18FNO3S/c1-12-8-13(2-4-15(12)19)10-20-18(21)11-24-14-3-5-16-17(9-14)23-7-6-22-16/h2-5,8-9H,6-7,10-11H2,1H3,(H,20,21). The smallest absolute Gasteiger partial charge is 0.230 e. The minimum atomic E-state index is -0.237. The SMILES string of the molecule is Cc1cc(CNC(=O)CSc2ccc3c(c2)OCCO3)ccc1F. The van der Waals surface area contributed by atoms with E-state index in [1.54, 1.807) is 19.1 Å². The van der Waals surface area contributed by atoms with Gasteiger partial charge in [0.15, 0.2) is 11.5 Å². The predicted molar refractivity (Wildman–Crippen MR) is 91.1 cm³/mol. The quantitative estimate of drug-likeness (QED) is 0.843. The first-order valence-electron chi connectivity index (χ1n) is 7.66. The maximum Gasteiger partial charge on any atom is 0.230 e. The van der Waals surface area contributed by atoms with Crippen LogP contribution in [0.5, 0.6) is 11.5 Å². The van der Waals surface area contributed by atoms with Crippen LogP contribution in [-0.4, -0.2) is 24.9 Å². The van der Waals surface area contributed by atoms with Gasteiger partial charge < -0.3 is 14.8 Å². The van der Waals surface area contributed by atoms with Gasteiger partial charge in [-0.25, -0.2) is 4.39 Å². The second-order valence-corrected chi connectivity index (χ2v) is 6.50. The van der Waals surface area contributed by atoms with Crippen LogP contribution < -0.4 is 14.8 Å². The van der Waals surface area contributed by atoms with E-state index in [0.29, 0.717) is 36.8 Å². The van der Waals surface area contributed by atoms with E-state index in [2.05, 4.69) is 5.32 Å². The summed E-state index contributed by atoms with van der Waals surface area (Å²) in [5, 5.41) is 2.84. The maximum absolute atomic E-state index is 13.2. The Hall–Kier alpha value is -2.21. The van der Waals surface area contributed by atoms with Crippen LogP contribution >= 0.6 is 11.8 Å². The molecule has 1 aliphatic rings. The second kappa shape index (κ2) is 7.57. The monoisotopic (exact) mass is 347 g/mol. The van der Waals surface area contributed by atoms with Gasteiger partial charge in [-0.1, -0.05) is 12.1 Å². The number of carbonyl (C=O) groups excluding carboxylic acids is 1. The van der Waals surface area contributed by atoms with Crippen LogP contribution in [0.25, 0.3) is 0 Å². The first-order valence-corrected chi connectivity index (χ1v) is 8.64. The number of hydrogen-bond donors (Lipinski definition) is 1. The molecule has 2 aromatic rings. The molecule has 0 radical (unpaired) electrons. The Kier molecular flexibility index (Phi) is 5.25. The summed E-state index contributed by atoms with van der Waals surface area (Å²) in [5.41, 5.74) is 1.46. The molecule has 0 unspecified atom stereocenters. The Balaban J connectivity index is 1.49. The number of carbonyl (C=O) groups is 1. The number of amides is 1. The number of hydrogen-bond acceptors (Lipinski definition) is 4. The average molecular weight is 347 g/mol. The number of halogens is 1. The molecule has 6 heteroatoms. The Labute approximate surface area is 144 Å². The molecule has 126 valence electrons. The molecule has 3 rings (SSSR count). The highest BCUT2D eigenvalue weighted by Crippen LogP contribution is 2.34. The molecular weight excluding hydrogens is 329 g/mol. The van der Waals surface area contributed by atoms with E-state index in [1.807, 2.05) is 18.2 Å². The normalized spacial score (nSPS) is 12.8. The van der Waals surface area contributed by atoms with E-state index < -0.39 is 0 Å². The molecule has 24 heavy (non-hydrogen) atoms. The van der Waals surface area contributed by atoms with Crippen LogP contribution in [0.3, 0.4) is 0 Å². The largest absolute Gasteiger partial charge is 0.486 e. The summed E-state index contributed by atoms with van der Waals surface area (Å²) in [5.74, 6) is 1.45. The van der Waals surface area contributed by atoms with E-state index in [-0.39, 0.29) is 11.7 Å². The zero-order chi connectivity index (χ0) is 16.9. The summed E-state index contributed by atoms with van der Waals surface area (Å²) < 4.78 is 24.2. The number of rotatable bonds is 5.